The zero-order chi connectivity index (χ0) is 54.9. The number of benzene rings is 2. The monoisotopic (exact) mass is 1050 g/mol. The van der Waals surface area contributed by atoms with E-state index >= 15 is 0 Å². The summed E-state index contributed by atoms with van der Waals surface area (Å²) in [4.78, 5) is 83.2. The van der Waals surface area contributed by atoms with Gasteiger partial charge in [-0.3, -0.25) is 34.0 Å². The summed E-state index contributed by atoms with van der Waals surface area (Å²) in [6.07, 6.45) is 9.71. The molecule has 2 aromatic carbocycles. The van der Waals surface area contributed by atoms with Crippen molar-refractivity contribution >= 4 is 63.7 Å². The van der Waals surface area contributed by atoms with Gasteiger partial charge in [-0.05, 0) is 131 Å². The number of hydrogen-bond acceptors (Lipinski definition) is 15. The molecule has 5 N–H and O–H groups in total. The van der Waals surface area contributed by atoms with Crippen molar-refractivity contribution in [3.63, 3.8) is 0 Å². The van der Waals surface area contributed by atoms with Crippen molar-refractivity contribution in [2.75, 3.05) is 70.1 Å². The van der Waals surface area contributed by atoms with E-state index in [0.717, 1.165) is 63.2 Å². The third-order valence-electron chi connectivity index (χ3n) is 16.2. The second-order valence-corrected chi connectivity index (χ2v) is 22.7. The Hall–Kier alpha value is -8.00. The van der Waals surface area contributed by atoms with Gasteiger partial charge in [0.2, 0.25) is 5.91 Å². The highest BCUT2D eigenvalue weighted by molar-refractivity contribution is 6.34. The maximum atomic E-state index is 14.1. The molecule has 19 heteroatoms. The van der Waals surface area contributed by atoms with Crippen molar-refractivity contribution < 1.29 is 29.0 Å². The predicted molar refractivity (Wildman–Crippen MR) is 301 cm³/mol. The summed E-state index contributed by atoms with van der Waals surface area (Å²) in [5, 5.41) is 17.3. The molecule has 404 valence electrons. The Labute approximate surface area is 454 Å². The minimum absolute atomic E-state index is 0.0911. The molecule has 4 aromatic heterocycles. The Morgan fingerprint density at radius 3 is 2.41 bits per heavy atom. The van der Waals surface area contributed by atoms with E-state index in [1.165, 1.54) is 29.3 Å². The van der Waals surface area contributed by atoms with Gasteiger partial charge >= 0.3 is 0 Å². The summed E-state index contributed by atoms with van der Waals surface area (Å²) < 4.78 is 7.83. The number of nitrogens with one attached hydrogen (secondary N) is 2. The highest BCUT2D eigenvalue weighted by atomic mass is 16.5. The molecule has 8 heterocycles. The molecular weight excluding hydrogens is 987 g/mol. The predicted octanol–water partition coefficient (Wildman–Crippen LogP) is 7.45. The van der Waals surface area contributed by atoms with Crippen molar-refractivity contribution in [2.24, 2.45) is 11.1 Å². The minimum Gasteiger partial charge on any atom is -0.478 e. The molecule has 2 saturated heterocycles. The first-order chi connectivity index (χ1) is 37.3. The topological polar surface area (TPSA) is 221 Å². The quantitative estimate of drug-likeness (QED) is 0.0652. The van der Waals surface area contributed by atoms with E-state index in [4.69, 9.17) is 15.5 Å². The van der Waals surface area contributed by atoms with Gasteiger partial charge in [0.15, 0.2) is 5.82 Å². The minimum atomic E-state index is -0.742. The number of anilines is 7. The van der Waals surface area contributed by atoms with Gasteiger partial charge in [-0.2, -0.15) is 0 Å². The molecule has 11 rings (SSSR count). The third-order valence-corrected chi connectivity index (χ3v) is 16.2. The summed E-state index contributed by atoms with van der Waals surface area (Å²) in [7, 11) is 1.51. The van der Waals surface area contributed by atoms with E-state index < -0.39 is 12.1 Å². The molecule has 5 aliphatic rings. The number of hydrogen-bond donors (Lipinski definition) is 4. The number of methoxy groups -OCH3 is 1. The Morgan fingerprint density at radius 2 is 1.67 bits per heavy atom. The van der Waals surface area contributed by atoms with Gasteiger partial charge < -0.3 is 40.6 Å². The summed E-state index contributed by atoms with van der Waals surface area (Å²) >= 11 is 0. The molecule has 3 atom stereocenters. The number of rotatable bonds is 13. The van der Waals surface area contributed by atoms with Crippen LogP contribution in [0.3, 0.4) is 0 Å². The lowest BCUT2D eigenvalue weighted by atomic mass is 9.90. The van der Waals surface area contributed by atoms with Crippen LogP contribution >= 0.6 is 0 Å². The number of aliphatic hydroxyl groups excluding tert-OH is 1. The number of piperazine rings is 1. The van der Waals surface area contributed by atoms with Crippen LogP contribution in [-0.4, -0.2) is 116 Å². The van der Waals surface area contributed by atoms with E-state index in [-0.39, 0.29) is 47.0 Å². The first kappa shape index (κ1) is 52.1. The number of nitrogens with two attached hydrogens (primary N) is 1. The second-order valence-electron chi connectivity index (χ2n) is 22.7. The van der Waals surface area contributed by atoms with E-state index in [2.05, 4.69) is 79.1 Å². The van der Waals surface area contributed by atoms with E-state index in [1.54, 1.807) is 47.8 Å². The van der Waals surface area contributed by atoms with Crippen LogP contribution in [0.25, 0.3) is 11.3 Å². The number of aliphatic hydroxyl groups is 1. The van der Waals surface area contributed by atoms with Gasteiger partial charge in [0.25, 0.3) is 23.6 Å². The largest absolute Gasteiger partial charge is 0.478 e. The van der Waals surface area contributed by atoms with Crippen LogP contribution in [0.5, 0.6) is 5.88 Å². The molecule has 4 amide bonds. The average Bonchev–Trinajstić information content (AvgIpc) is 4.25. The molecule has 1 unspecified atom stereocenters. The Bertz CT molecular complexity index is 3420. The standard InChI is InChI=1S/C59H67N13O6/c1-9-51(74)65-45-26-37(64-52-54(78-8)63-31-46(66-52)41-15-18-62-53(44(41)33-73)71-23-22-70-48(57(71)77)25-36-29-58(4,5)30-49(36)70)10-13-47(45)69-21-20-67(32-35(69)3)38-16-19-68(34(2)24-38)39-11-12-42-43(27-39)56(76)72(55(42)75)40-14-17-61-50(28-40)59(6,7)60/h9-15,17-18,25-28,31,34-35,38,73H,1,16,19-24,29-30,32-33,60H2,2-8H3,(H,64,66)(H,65,74)/t34-,35+,38?/m1/s1. The van der Waals surface area contributed by atoms with Crippen LogP contribution in [0.1, 0.15) is 108 Å². The van der Waals surface area contributed by atoms with Gasteiger partial charge in [-0.1, -0.05) is 20.4 Å². The molecule has 0 bridgehead atoms. The van der Waals surface area contributed by atoms with Gasteiger partial charge in [0.1, 0.15) is 11.5 Å². The summed E-state index contributed by atoms with van der Waals surface area (Å²) in [6.45, 7) is 20.1. The van der Waals surface area contributed by atoms with Crippen molar-refractivity contribution in [1.82, 2.24) is 29.4 Å². The number of amides is 4. The van der Waals surface area contributed by atoms with Crippen molar-refractivity contribution in [1.29, 1.82) is 0 Å². The number of carbonyl (C=O) groups is 4. The average molecular weight is 1050 g/mol. The number of fused-ring (bicyclic) bond motifs is 4. The molecule has 78 heavy (non-hydrogen) atoms. The summed E-state index contributed by atoms with van der Waals surface area (Å²) in [5.41, 5.74) is 15.0. The number of aromatic nitrogens is 5. The van der Waals surface area contributed by atoms with Crippen LogP contribution in [-0.2, 0) is 36.3 Å². The fourth-order valence-electron chi connectivity index (χ4n) is 12.3. The van der Waals surface area contributed by atoms with Crippen LogP contribution in [0.4, 0.5) is 40.1 Å². The SMILES string of the molecule is C=CC(=O)Nc1cc(Nc2nc(-c3ccnc(N4CCn5c(cc6c5CC(C)(C)C6)C4=O)c3CO)cnc2OC)ccc1N1CCN(C2CCN(c3ccc4c(c3)C(=O)N(c3ccnc(C(C)(C)N)c3)C4=O)[C@H](C)C2)C[C@@H]1C. The lowest BCUT2D eigenvalue weighted by Crippen LogP contribution is -2.58. The van der Waals surface area contributed by atoms with E-state index in [0.29, 0.717) is 87.2 Å². The van der Waals surface area contributed by atoms with E-state index in [1.807, 2.05) is 50.2 Å². The molecular formula is C59H67N13O6. The van der Waals surface area contributed by atoms with Crippen LogP contribution in [0, 0.1) is 5.41 Å². The second kappa shape index (κ2) is 20.1. The van der Waals surface area contributed by atoms with Crippen LogP contribution in [0.15, 0.2) is 91.9 Å². The molecule has 1 aliphatic carbocycles. The number of ether oxygens (including phenoxy) is 1. The number of carbonyl (C=O) groups excluding carboxylic acids is 4. The molecule has 0 spiro atoms. The molecule has 4 aliphatic heterocycles. The lowest BCUT2D eigenvalue weighted by Gasteiger charge is -2.48. The number of imide groups is 1. The Kier molecular flexibility index (Phi) is 13.4. The third kappa shape index (κ3) is 9.42. The zero-order valence-corrected chi connectivity index (χ0v) is 45.3. The zero-order valence-electron chi connectivity index (χ0n) is 45.3. The molecule has 19 nitrogen and oxygen atoms in total. The van der Waals surface area contributed by atoms with Crippen molar-refractivity contribution in [3.8, 4) is 17.1 Å². The van der Waals surface area contributed by atoms with E-state index in [9.17, 15) is 24.3 Å². The fraction of sp³-hybridized carbons (Fsp3) is 0.390. The van der Waals surface area contributed by atoms with Crippen molar-refractivity contribution in [3.05, 3.63) is 131 Å². The van der Waals surface area contributed by atoms with Gasteiger partial charge in [-0.15, -0.1) is 0 Å². The summed E-state index contributed by atoms with van der Waals surface area (Å²) in [6, 6.07) is 19.1. The highest BCUT2D eigenvalue weighted by Crippen LogP contribution is 2.42. The first-order valence-electron chi connectivity index (χ1n) is 26.8. The van der Waals surface area contributed by atoms with Crippen LogP contribution in [0.2, 0.25) is 0 Å². The molecule has 6 aromatic rings. The maximum absolute atomic E-state index is 14.1. The van der Waals surface area contributed by atoms with Crippen molar-refractivity contribution in [2.45, 2.75) is 104 Å². The Balaban J connectivity index is 0.771. The van der Waals surface area contributed by atoms with Gasteiger partial charge in [0.05, 0.1) is 65.0 Å². The fourth-order valence-corrected chi connectivity index (χ4v) is 12.3. The summed E-state index contributed by atoms with van der Waals surface area (Å²) in [5.74, 6) is -0.322. The number of nitrogens with zero attached hydrogens (tertiary/aromatic N) is 10. The highest BCUT2D eigenvalue weighted by Gasteiger charge is 2.41. The smallest absolute Gasteiger partial charge is 0.276 e. The molecule has 0 radical (unpaired) electrons. The number of pyridine rings is 2. The molecule has 2 fully saturated rings. The lowest BCUT2D eigenvalue weighted by molar-refractivity contribution is -0.111. The normalized spacial score (nSPS) is 20.2. The Morgan fingerprint density at radius 1 is 0.872 bits per heavy atom. The molecule has 0 saturated carbocycles. The number of piperidine rings is 1. The maximum Gasteiger partial charge on any atom is 0.276 e. The van der Waals surface area contributed by atoms with Gasteiger partial charge in [-0.25, -0.2) is 19.9 Å². The first-order valence-corrected chi connectivity index (χ1v) is 26.8. The van der Waals surface area contributed by atoms with Gasteiger partial charge in [0, 0.05) is 98.0 Å². The van der Waals surface area contributed by atoms with Crippen LogP contribution < -0.4 is 40.7 Å².